The van der Waals surface area contributed by atoms with Crippen molar-refractivity contribution in [2.75, 3.05) is 17.3 Å². The Hall–Kier alpha value is -0.730. The molecular weight excluding hydrogens is 469 g/mol. The van der Waals surface area contributed by atoms with Gasteiger partial charge in [0.2, 0.25) is 0 Å². The Bertz CT molecular complexity index is 661. The van der Waals surface area contributed by atoms with Gasteiger partial charge in [0.05, 0.1) is 10.5 Å². The SMILES string of the molecule is CCCCCC[S+](CCCCCC)CCCCCC.O=S(=O)([O-])c1ccc(C(F)(F)F)cc1. The Morgan fingerprint density at radius 1 is 0.697 bits per heavy atom. The standard InChI is InChI=1S/C18H39S.C7H5F3O3S/c1-4-7-10-13-16-19(17-14-11-8-5-2)18-15-12-9-6-3;8-7(9,10)5-1-3-6(4-2-5)14(11,12)13/h4-18H2,1-3H3;1-4H,(H,11,12,13)/q+1;/p-1. The molecule has 0 amide bonds. The van der Waals surface area contributed by atoms with E-state index in [2.05, 4.69) is 20.8 Å². The molecule has 0 saturated carbocycles. The molecule has 0 atom stereocenters. The van der Waals surface area contributed by atoms with Crippen LogP contribution < -0.4 is 0 Å². The molecular formula is C25H43F3O3S2. The van der Waals surface area contributed by atoms with Gasteiger partial charge in [-0.1, -0.05) is 59.3 Å². The molecule has 194 valence electrons. The molecule has 0 unspecified atom stereocenters. The first kappa shape index (κ1) is 32.3. The van der Waals surface area contributed by atoms with Gasteiger partial charge in [-0.25, -0.2) is 8.42 Å². The number of rotatable bonds is 16. The summed E-state index contributed by atoms with van der Waals surface area (Å²) in [4.78, 5) is -0.675. The van der Waals surface area contributed by atoms with E-state index >= 15 is 0 Å². The first-order chi connectivity index (χ1) is 15.6. The van der Waals surface area contributed by atoms with E-state index in [1.54, 1.807) is 0 Å². The minimum absolute atomic E-state index is 0.546. The second-order valence-electron chi connectivity index (χ2n) is 8.38. The third-order valence-electron chi connectivity index (χ3n) is 5.33. The quantitative estimate of drug-likeness (QED) is 0.128. The maximum absolute atomic E-state index is 12.0. The molecule has 0 radical (unpaired) electrons. The summed E-state index contributed by atoms with van der Waals surface area (Å²) in [5.41, 5.74) is -0.995. The molecule has 3 nitrogen and oxygen atoms in total. The molecule has 0 aliphatic carbocycles. The first-order valence-electron chi connectivity index (χ1n) is 12.3. The van der Waals surface area contributed by atoms with E-state index in [4.69, 9.17) is 0 Å². The zero-order valence-electron chi connectivity index (χ0n) is 20.6. The van der Waals surface area contributed by atoms with Crippen molar-refractivity contribution in [3.63, 3.8) is 0 Å². The molecule has 0 spiro atoms. The highest BCUT2D eigenvalue weighted by Crippen LogP contribution is 2.29. The summed E-state index contributed by atoms with van der Waals surface area (Å²) < 4.78 is 67.0. The minimum atomic E-state index is -4.68. The van der Waals surface area contributed by atoms with Gasteiger partial charge in [0.1, 0.15) is 27.4 Å². The van der Waals surface area contributed by atoms with E-state index in [9.17, 15) is 26.1 Å². The predicted octanol–water partition coefficient (Wildman–Crippen LogP) is 7.96. The van der Waals surface area contributed by atoms with Gasteiger partial charge in [-0.15, -0.1) is 0 Å². The average molecular weight is 513 g/mol. The lowest BCUT2D eigenvalue weighted by atomic mass is 10.2. The summed E-state index contributed by atoms with van der Waals surface area (Å²) in [5.74, 6) is 4.62. The maximum Gasteiger partial charge on any atom is 0.416 e. The van der Waals surface area contributed by atoms with Crippen LogP contribution in [0.4, 0.5) is 13.2 Å². The van der Waals surface area contributed by atoms with Gasteiger partial charge < -0.3 is 4.55 Å². The van der Waals surface area contributed by atoms with Crippen LogP contribution >= 0.6 is 0 Å². The summed E-state index contributed by atoms with van der Waals surface area (Å²) in [6.45, 7) is 6.94. The Morgan fingerprint density at radius 3 is 1.33 bits per heavy atom. The van der Waals surface area contributed by atoms with Crippen LogP contribution in [0.2, 0.25) is 0 Å². The molecule has 1 rings (SSSR count). The summed E-state index contributed by atoms with van der Waals surface area (Å²) in [5, 5.41) is 0. The zero-order chi connectivity index (χ0) is 25.2. The number of halogens is 3. The second-order valence-corrected chi connectivity index (χ2v) is 12.2. The number of unbranched alkanes of at least 4 members (excludes halogenated alkanes) is 9. The number of hydrogen-bond acceptors (Lipinski definition) is 3. The van der Waals surface area contributed by atoms with Crippen LogP contribution in [-0.2, 0) is 27.2 Å². The third kappa shape index (κ3) is 17.4. The van der Waals surface area contributed by atoms with E-state index in [0.717, 1.165) is 10.9 Å². The van der Waals surface area contributed by atoms with Gasteiger partial charge in [-0.05, 0) is 73.7 Å². The summed E-state index contributed by atoms with van der Waals surface area (Å²) in [6, 6.07) is 2.35. The van der Waals surface area contributed by atoms with Gasteiger partial charge >= 0.3 is 6.18 Å². The van der Waals surface area contributed by atoms with Crippen molar-refractivity contribution in [3.8, 4) is 0 Å². The predicted molar refractivity (Wildman–Crippen MR) is 134 cm³/mol. The fourth-order valence-corrected chi connectivity index (χ4v) is 6.23. The molecule has 1 aromatic rings. The Balaban J connectivity index is 0.000000647. The molecule has 0 aliphatic heterocycles. The van der Waals surface area contributed by atoms with E-state index < -0.39 is 26.8 Å². The van der Waals surface area contributed by atoms with Gasteiger partial charge in [0.15, 0.2) is 0 Å². The molecule has 1 aromatic carbocycles. The van der Waals surface area contributed by atoms with E-state index in [0.29, 0.717) is 24.3 Å². The van der Waals surface area contributed by atoms with Crippen LogP contribution in [0.5, 0.6) is 0 Å². The van der Waals surface area contributed by atoms with Crippen LogP contribution in [0.25, 0.3) is 0 Å². The molecule has 0 heterocycles. The number of benzene rings is 1. The smallest absolute Gasteiger partial charge is 0.416 e. The van der Waals surface area contributed by atoms with E-state index in [1.165, 1.54) is 94.3 Å². The lowest BCUT2D eigenvalue weighted by Crippen LogP contribution is -2.16. The van der Waals surface area contributed by atoms with Crippen LogP contribution in [0.3, 0.4) is 0 Å². The second kappa shape index (κ2) is 18.6. The van der Waals surface area contributed by atoms with Gasteiger partial charge in [0, 0.05) is 0 Å². The number of alkyl halides is 3. The fourth-order valence-electron chi connectivity index (χ4n) is 3.32. The van der Waals surface area contributed by atoms with Gasteiger partial charge in [-0.3, -0.25) is 0 Å². The largest absolute Gasteiger partial charge is 0.744 e. The van der Waals surface area contributed by atoms with Gasteiger partial charge in [0.25, 0.3) is 0 Å². The summed E-state index contributed by atoms with van der Waals surface area (Å²) in [7, 11) is -3.92. The van der Waals surface area contributed by atoms with Crippen molar-refractivity contribution >= 4 is 21.0 Å². The molecule has 0 aliphatic rings. The molecule has 0 aromatic heterocycles. The Labute approximate surface area is 203 Å². The van der Waals surface area contributed by atoms with Crippen LogP contribution in [0.1, 0.15) is 103 Å². The van der Waals surface area contributed by atoms with Crippen molar-refractivity contribution in [2.24, 2.45) is 0 Å². The molecule has 0 fully saturated rings. The average Bonchev–Trinajstić information content (AvgIpc) is 2.76. The topological polar surface area (TPSA) is 57.2 Å². The lowest BCUT2D eigenvalue weighted by Gasteiger charge is -2.09. The fraction of sp³-hybridized carbons (Fsp3) is 0.760. The highest BCUT2D eigenvalue weighted by Gasteiger charge is 2.30. The normalized spacial score (nSPS) is 12.0. The first-order valence-corrected chi connectivity index (χ1v) is 15.5. The van der Waals surface area contributed by atoms with Gasteiger partial charge in [-0.2, -0.15) is 13.2 Å². The van der Waals surface area contributed by atoms with Crippen LogP contribution in [-0.4, -0.2) is 30.2 Å². The highest BCUT2D eigenvalue weighted by atomic mass is 32.2. The third-order valence-corrected chi connectivity index (χ3v) is 8.78. The molecule has 8 heteroatoms. The Morgan fingerprint density at radius 2 is 1.06 bits per heavy atom. The summed E-state index contributed by atoms with van der Waals surface area (Å²) >= 11 is 0. The van der Waals surface area contributed by atoms with Crippen LogP contribution in [0, 0.1) is 0 Å². The molecule has 0 N–H and O–H groups in total. The monoisotopic (exact) mass is 512 g/mol. The minimum Gasteiger partial charge on any atom is -0.744 e. The highest BCUT2D eigenvalue weighted by molar-refractivity contribution is 7.96. The maximum atomic E-state index is 12.0. The van der Waals surface area contributed by atoms with Crippen molar-refractivity contribution in [3.05, 3.63) is 29.8 Å². The van der Waals surface area contributed by atoms with Crippen molar-refractivity contribution in [2.45, 2.75) is 109 Å². The Kier molecular flexibility index (Phi) is 18.2. The lowest BCUT2D eigenvalue weighted by molar-refractivity contribution is -0.137. The van der Waals surface area contributed by atoms with E-state index in [-0.39, 0.29) is 0 Å². The van der Waals surface area contributed by atoms with Crippen molar-refractivity contribution < 1.29 is 26.1 Å². The molecule has 33 heavy (non-hydrogen) atoms. The van der Waals surface area contributed by atoms with E-state index in [1.807, 2.05) is 0 Å². The molecule has 0 bridgehead atoms. The zero-order valence-corrected chi connectivity index (χ0v) is 22.2. The molecule has 0 saturated heterocycles. The van der Waals surface area contributed by atoms with Crippen molar-refractivity contribution in [1.82, 2.24) is 0 Å². The number of hydrogen-bond donors (Lipinski definition) is 0. The van der Waals surface area contributed by atoms with Crippen LogP contribution in [0.15, 0.2) is 29.2 Å². The summed E-state index contributed by atoms with van der Waals surface area (Å²) in [6.07, 6.45) is 12.9. The van der Waals surface area contributed by atoms with Crippen molar-refractivity contribution in [1.29, 1.82) is 0 Å².